The number of carbonyl (C=O) groups is 1. The molecule has 1 heterocycles. The number of carbonyl (C=O) groups excluding carboxylic acids is 1. The van der Waals surface area contributed by atoms with Crippen LogP contribution in [-0.2, 0) is 14.8 Å². The number of para-hydroxylation sites is 1. The van der Waals surface area contributed by atoms with E-state index in [1.807, 2.05) is 25.1 Å². The molecule has 1 aromatic rings. The van der Waals surface area contributed by atoms with E-state index in [4.69, 9.17) is 11.6 Å². The maximum Gasteiger partial charge on any atom is 0.239 e. The Hall–Kier alpha value is -1.31. The summed E-state index contributed by atoms with van der Waals surface area (Å²) in [7, 11) is -3.14. The second-order valence-corrected chi connectivity index (χ2v) is 8.39. The first-order chi connectivity index (χ1) is 11.4. The van der Waals surface area contributed by atoms with Crippen LogP contribution < -0.4 is 10.6 Å². The molecule has 8 heteroatoms. The molecule has 2 N–H and O–H groups in total. The number of sulfonamides is 1. The Morgan fingerprint density at radius 2 is 1.96 bits per heavy atom. The summed E-state index contributed by atoms with van der Waals surface area (Å²) in [4.78, 5) is 12.0. The van der Waals surface area contributed by atoms with Gasteiger partial charge in [-0.2, -0.15) is 0 Å². The molecule has 0 atom stereocenters. The predicted octanol–water partition coefficient (Wildman–Crippen LogP) is 2.07. The largest absolute Gasteiger partial charge is 0.375 e. The summed E-state index contributed by atoms with van der Waals surface area (Å²) in [5.41, 5.74) is 0.717. The van der Waals surface area contributed by atoms with E-state index in [1.54, 1.807) is 6.07 Å². The highest BCUT2D eigenvalue weighted by molar-refractivity contribution is 7.89. The Morgan fingerprint density at radius 1 is 1.29 bits per heavy atom. The fourth-order valence-electron chi connectivity index (χ4n) is 2.72. The lowest BCUT2D eigenvalue weighted by Crippen LogP contribution is -2.48. The molecule has 24 heavy (non-hydrogen) atoms. The lowest BCUT2D eigenvalue weighted by atomic mass is 10.1. The maximum absolute atomic E-state index is 12.0. The van der Waals surface area contributed by atoms with E-state index >= 15 is 0 Å². The average molecular weight is 374 g/mol. The third-order valence-corrected chi connectivity index (χ3v) is 6.39. The van der Waals surface area contributed by atoms with Gasteiger partial charge in [0, 0.05) is 19.1 Å². The first-order valence-corrected chi connectivity index (χ1v) is 10.2. The molecule has 1 aromatic carbocycles. The van der Waals surface area contributed by atoms with Crippen molar-refractivity contribution in [3.8, 4) is 0 Å². The fourth-order valence-corrected chi connectivity index (χ4v) is 4.47. The predicted molar refractivity (Wildman–Crippen MR) is 96.8 cm³/mol. The van der Waals surface area contributed by atoms with Crippen molar-refractivity contribution in [3.63, 3.8) is 0 Å². The van der Waals surface area contributed by atoms with Gasteiger partial charge in [-0.15, -0.1) is 0 Å². The zero-order chi connectivity index (χ0) is 17.6. The van der Waals surface area contributed by atoms with E-state index in [-0.39, 0.29) is 24.2 Å². The molecule has 0 saturated carbocycles. The van der Waals surface area contributed by atoms with Gasteiger partial charge in [-0.1, -0.05) is 30.7 Å². The van der Waals surface area contributed by atoms with Gasteiger partial charge >= 0.3 is 0 Å². The van der Waals surface area contributed by atoms with E-state index in [1.165, 1.54) is 4.31 Å². The number of hydrogen-bond donors (Lipinski definition) is 2. The Balaban J connectivity index is 1.75. The number of nitrogens with zero attached hydrogens (tertiary/aromatic N) is 1. The number of rotatable bonds is 7. The third kappa shape index (κ3) is 5.36. The van der Waals surface area contributed by atoms with Crippen LogP contribution in [0.2, 0.25) is 5.02 Å². The van der Waals surface area contributed by atoms with Crippen LogP contribution in [0.15, 0.2) is 24.3 Å². The molecule has 1 aliphatic heterocycles. The summed E-state index contributed by atoms with van der Waals surface area (Å²) in [6.07, 6.45) is 1.90. The maximum atomic E-state index is 12.0. The van der Waals surface area contributed by atoms with Crippen LogP contribution in [0.25, 0.3) is 0 Å². The smallest absolute Gasteiger partial charge is 0.239 e. The van der Waals surface area contributed by atoms with E-state index in [2.05, 4.69) is 10.6 Å². The summed E-state index contributed by atoms with van der Waals surface area (Å²) in [5.74, 6) is 0.0657. The average Bonchev–Trinajstić information content (AvgIpc) is 2.54. The normalized spacial score (nSPS) is 16.8. The van der Waals surface area contributed by atoms with Gasteiger partial charge in [-0.25, -0.2) is 12.7 Å². The number of benzene rings is 1. The van der Waals surface area contributed by atoms with Gasteiger partial charge in [0.05, 0.1) is 23.0 Å². The lowest BCUT2D eigenvalue weighted by Gasteiger charge is -2.31. The second-order valence-electron chi connectivity index (χ2n) is 5.89. The summed E-state index contributed by atoms with van der Waals surface area (Å²) >= 11 is 6.03. The highest BCUT2D eigenvalue weighted by Gasteiger charge is 2.27. The van der Waals surface area contributed by atoms with Crippen LogP contribution in [0.5, 0.6) is 0 Å². The Bertz CT molecular complexity index is 658. The van der Waals surface area contributed by atoms with Crippen LogP contribution in [0.1, 0.15) is 26.2 Å². The van der Waals surface area contributed by atoms with Crippen LogP contribution >= 0.6 is 11.6 Å². The Labute approximate surface area is 148 Å². The molecule has 0 spiro atoms. The fraction of sp³-hybridized carbons (Fsp3) is 0.562. The van der Waals surface area contributed by atoms with Gasteiger partial charge < -0.3 is 10.6 Å². The monoisotopic (exact) mass is 373 g/mol. The molecular formula is C16H24ClN3O3S. The van der Waals surface area contributed by atoms with Gasteiger partial charge in [0.2, 0.25) is 15.9 Å². The minimum absolute atomic E-state index is 0.0126. The van der Waals surface area contributed by atoms with E-state index in [9.17, 15) is 13.2 Å². The molecule has 1 saturated heterocycles. The first-order valence-electron chi connectivity index (χ1n) is 8.18. The molecule has 1 fully saturated rings. The standard InChI is InChI=1S/C16H24ClN3O3S/c1-2-11-24(22,23)20-9-7-13(8-10-20)19-16(21)12-18-15-6-4-3-5-14(15)17/h3-6,13,18H,2,7-12H2,1H3,(H,19,21). The second kappa shape index (κ2) is 8.69. The highest BCUT2D eigenvalue weighted by atomic mass is 35.5. The van der Waals surface area contributed by atoms with Crippen LogP contribution in [0.4, 0.5) is 5.69 Å². The van der Waals surface area contributed by atoms with Crippen molar-refractivity contribution < 1.29 is 13.2 Å². The van der Waals surface area contributed by atoms with Gasteiger partial charge in [-0.05, 0) is 31.4 Å². The number of nitrogens with one attached hydrogen (secondary N) is 2. The van der Waals surface area contributed by atoms with Crippen molar-refractivity contribution in [2.45, 2.75) is 32.2 Å². The molecule has 134 valence electrons. The molecule has 1 amide bonds. The number of amides is 1. The Kier molecular flexibility index (Phi) is 6.89. The quantitative estimate of drug-likeness (QED) is 0.767. The topological polar surface area (TPSA) is 78.5 Å². The summed E-state index contributed by atoms with van der Waals surface area (Å²) in [5, 5.41) is 6.52. The molecule has 0 radical (unpaired) electrons. The molecule has 0 unspecified atom stereocenters. The SMILES string of the molecule is CCCS(=O)(=O)N1CCC(NC(=O)CNc2ccccc2Cl)CC1. The van der Waals surface area contributed by atoms with Crippen molar-refractivity contribution in [3.05, 3.63) is 29.3 Å². The zero-order valence-corrected chi connectivity index (χ0v) is 15.4. The number of anilines is 1. The van der Waals surface area contributed by atoms with Crippen molar-refractivity contribution in [2.24, 2.45) is 0 Å². The first kappa shape index (κ1) is 19.0. The van der Waals surface area contributed by atoms with Crippen LogP contribution in [0, 0.1) is 0 Å². The number of hydrogen-bond acceptors (Lipinski definition) is 4. The van der Waals surface area contributed by atoms with Crippen molar-refractivity contribution >= 4 is 33.2 Å². The lowest BCUT2D eigenvalue weighted by molar-refractivity contribution is -0.120. The highest BCUT2D eigenvalue weighted by Crippen LogP contribution is 2.20. The Morgan fingerprint density at radius 3 is 2.58 bits per heavy atom. The van der Waals surface area contributed by atoms with Gasteiger partial charge in [-0.3, -0.25) is 4.79 Å². The molecule has 6 nitrogen and oxygen atoms in total. The van der Waals surface area contributed by atoms with Gasteiger partial charge in [0.25, 0.3) is 0 Å². The minimum atomic E-state index is -3.14. The number of piperidine rings is 1. The van der Waals surface area contributed by atoms with E-state index in [0.29, 0.717) is 37.4 Å². The molecule has 0 aliphatic carbocycles. The van der Waals surface area contributed by atoms with Crippen LogP contribution in [-0.4, -0.2) is 50.1 Å². The molecule has 0 bridgehead atoms. The van der Waals surface area contributed by atoms with Crippen molar-refractivity contribution in [1.82, 2.24) is 9.62 Å². The molecule has 0 aromatic heterocycles. The summed E-state index contributed by atoms with van der Waals surface area (Å²) < 4.78 is 25.6. The summed E-state index contributed by atoms with van der Waals surface area (Å²) in [6, 6.07) is 7.26. The summed E-state index contributed by atoms with van der Waals surface area (Å²) in [6.45, 7) is 2.92. The van der Waals surface area contributed by atoms with Gasteiger partial charge in [0.15, 0.2) is 0 Å². The minimum Gasteiger partial charge on any atom is -0.375 e. The zero-order valence-electron chi connectivity index (χ0n) is 13.8. The molecular weight excluding hydrogens is 350 g/mol. The third-order valence-electron chi connectivity index (χ3n) is 3.99. The van der Waals surface area contributed by atoms with Crippen molar-refractivity contribution in [2.75, 3.05) is 30.7 Å². The van der Waals surface area contributed by atoms with E-state index in [0.717, 1.165) is 5.69 Å². The van der Waals surface area contributed by atoms with Gasteiger partial charge in [0.1, 0.15) is 0 Å². The number of halogens is 1. The molecule has 2 rings (SSSR count). The molecule has 1 aliphatic rings. The van der Waals surface area contributed by atoms with E-state index < -0.39 is 10.0 Å². The van der Waals surface area contributed by atoms with Crippen molar-refractivity contribution in [1.29, 1.82) is 0 Å². The van der Waals surface area contributed by atoms with Crippen LogP contribution in [0.3, 0.4) is 0 Å².